The summed E-state index contributed by atoms with van der Waals surface area (Å²) in [5.74, 6) is -0.340. The maximum Gasteiger partial charge on any atom is 0.297 e. The van der Waals surface area contributed by atoms with Crippen molar-refractivity contribution in [2.45, 2.75) is 50.4 Å². The van der Waals surface area contributed by atoms with Crippen molar-refractivity contribution in [3.8, 4) is 0 Å². The summed E-state index contributed by atoms with van der Waals surface area (Å²) in [7, 11) is -3.94. The SMILES string of the molecule is CCCCCO[C@@H]1C=CC(=O)[C@@H](COS(=O)(=O)c2ccc(C)cc2)O1. The Kier molecular flexibility index (Phi) is 7.31. The predicted octanol–water partition coefficient (Wildman–Crippen LogP) is 2.76. The molecule has 0 amide bonds. The third-order valence-corrected chi connectivity index (χ3v) is 5.04. The summed E-state index contributed by atoms with van der Waals surface area (Å²) in [5.41, 5.74) is 0.943. The second-order valence-corrected chi connectivity index (χ2v) is 7.50. The summed E-state index contributed by atoms with van der Waals surface area (Å²) in [4.78, 5) is 11.9. The quantitative estimate of drug-likeness (QED) is 0.493. The van der Waals surface area contributed by atoms with Gasteiger partial charge >= 0.3 is 0 Å². The third kappa shape index (κ3) is 6.04. The Labute approximate surface area is 148 Å². The summed E-state index contributed by atoms with van der Waals surface area (Å²) in [6, 6.07) is 6.30. The number of rotatable bonds is 9. The Morgan fingerprint density at radius 3 is 2.56 bits per heavy atom. The number of ether oxygens (including phenoxy) is 2. The predicted molar refractivity (Wildman–Crippen MR) is 92.6 cm³/mol. The second-order valence-electron chi connectivity index (χ2n) is 5.88. The largest absolute Gasteiger partial charge is 0.349 e. The van der Waals surface area contributed by atoms with Gasteiger partial charge in [-0.25, -0.2) is 0 Å². The number of carbonyl (C=O) groups is 1. The van der Waals surface area contributed by atoms with Crippen LogP contribution in [-0.2, 0) is 28.6 Å². The van der Waals surface area contributed by atoms with Gasteiger partial charge in [-0.15, -0.1) is 0 Å². The van der Waals surface area contributed by atoms with Gasteiger partial charge in [-0.2, -0.15) is 8.42 Å². The number of aryl methyl sites for hydroxylation is 1. The van der Waals surface area contributed by atoms with Crippen LogP contribution in [0.2, 0.25) is 0 Å². The van der Waals surface area contributed by atoms with Crippen molar-refractivity contribution in [1.29, 1.82) is 0 Å². The van der Waals surface area contributed by atoms with Crippen molar-refractivity contribution in [3.63, 3.8) is 0 Å². The van der Waals surface area contributed by atoms with Crippen LogP contribution >= 0.6 is 0 Å². The van der Waals surface area contributed by atoms with Gasteiger partial charge in [-0.3, -0.25) is 8.98 Å². The summed E-state index contributed by atoms with van der Waals surface area (Å²) in [5, 5.41) is 0. The first-order valence-corrected chi connectivity index (χ1v) is 9.78. The summed E-state index contributed by atoms with van der Waals surface area (Å²) >= 11 is 0. The molecule has 0 saturated heterocycles. The normalized spacial score (nSPS) is 20.8. The highest BCUT2D eigenvalue weighted by Gasteiger charge is 2.28. The first kappa shape index (κ1) is 19.8. The lowest BCUT2D eigenvalue weighted by Gasteiger charge is -2.24. The minimum atomic E-state index is -3.94. The van der Waals surface area contributed by atoms with Crippen LogP contribution in [0.3, 0.4) is 0 Å². The van der Waals surface area contributed by atoms with Gasteiger partial charge in [0.05, 0.1) is 11.5 Å². The zero-order chi connectivity index (χ0) is 18.3. The minimum absolute atomic E-state index is 0.0456. The van der Waals surface area contributed by atoms with E-state index < -0.39 is 22.5 Å². The van der Waals surface area contributed by atoms with E-state index in [1.54, 1.807) is 12.1 Å². The molecule has 7 heteroatoms. The van der Waals surface area contributed by atoms with Gasteiger partial charge in [-0.05, 0) is 37.6 Å². The van der Waals surface area contributed by atoms with Gasteiger partial charge in [0, 0.05) is 0 Å². The molecule has 0 radical (unpaired) electrons. The molecule has 25 heavy (non-hydrogen) atoms. The molecule has 0 unspecified atom stereocenters. The summed E-state index contributed by atoms with van der Waals surface area (Å²) < 4.78 is 40.4. The van der Waals surface area contributed by atoms with Gasteiger partial charge < -0.3 is 9.47 Å². The van der Waals surface area contributed by atoms with E-state index in [0.29, 0.717) is 6.61 Å². The van der Waals surface area contributed by atoms with Crippen LogP contribution in [0.15, 0.2) is 41.3 Å². The van der Waals surface area contributed by atoms with Gasteiger partial charge in [0.15, 0.2) is 12.1 Å². The van der Waals surface area contributed by atoms with Crippen LogP contribution in [0.1, 0.15) is 31.7 Å². The fraction of sp³-hybridized carbons (Fsp3) is 0.500. The van der Waals surface area contributed by atoms with Crippen molar-refractivity contribution in [1.82, 2.24) is 0 Å². The summed E-state index contributed by atoms with van der Waals surface area (Å²) in [6.45, 7) is 4.09. The van der Waals surface area contributed by atoms with Gasteiger partial charge in [0.2, 0.25) is 0 Å². The summed E-state index contributed by atoms with van der Waals surface area (Å²) in [6.07, 6.45) is 4.25. The Bertz CT molecular complexity index is 693. The highest BCUT2D eigenvalue weighted by atomic mass is 32.2. The third-order valence-electron chi connectivity index (χ3n) is 3.75. The van der Waals surface area contributed by atoms with Gasteiger partial charge in [-0.1, -0.05) is 37.5 Å². The Morgan fingerprint density at radius 1 is 1.16 bits per heavy atom. The van der Waals surface area contributed by atoms with Crippen LogP contribution in [0.4, 0.5) is 0 Å². The molecule has 0 aliphatic carbocycles. The molecule has 6 nitrogen and oxygen atoms in total. The number of ketones is 1. The lowest BCUT2D eigenvalue weighted by atomic mass is 10.2. The molecule has 1 aliphatic heterocycles. The van der Waals surface area contributed by atoms with Crippen LogP contribution in [0, 0.1) is 6.92 Å². The lowest BCUT2D eigenvalue weighted by molar-refractivity contribution is -0.167. The van der Waals surface area contributed by atoms with E-state index in [1.807, 2.05) is 6.92 Å². The Morgan fingerprint density at radius 2 is 1.88 bits per heavy atom. The Hall–Kier alpha value is -1.54. The van der Waals surface area contributed by atoms with Gasteiger partial charge in [0.1, 0.15) is 12.7 Å². The van der Waals surface area contributed by atoms with E-state index in [0.717, 1.165) is 24.8 Å². The lowest BCUT2D eigenvalue weighted by Crippen LogP contribution is -2.37. The van der Waals surface area contributed by atoms with E-state index in [2.05, 4.69) is 6.92 Å². The van der Waals surface area contributed by atoms with Crippen molar-refractivity contribution >= 4 is 15.9 Å². The Balaban J connectivity index is 1.89. The number of hydrogen-bond acceptors (Lipinski definition) is 6. The monoisotopic (exact) mass is 368 g/mol. The number of hydrogen-bond donors (Lipinski definition) is 0. The maximum atomic E-state index is 12.2. The number of unbranched alkanes of at least 4 members (excludes halogenated alkanes) is 2. The first-order chi connectivity index (χ1) is 11.9. The molecule has 0 fully saturated rings. The fourth-order valence-electron chi connectivity index (χ4n) is 2.25. The average molecular weight is 368 g/mol. The molecule has 0 saturated carbocycles. The molecule has 2 atom stereocenters. The van der Waals surface area contributed by atoms with E-state index in [4.69, 9.17) is 13.7 Å². The van der Waals surface area contributed by atoms with E-state index in [9.17, 15) is 13.2 Å². The average Bonchev–Trinajstić information content (AvgIpc) is 2.59. The molecule has 1 heterocycles. The molecular weight excluding hydrogens is 344 g/mol. The van der Waals surface area contributed by atoms with Crippen LogP contribution in [-0.4, -0.2) is 39.8 Å². The smallest absolute Gasteiger partial charge is 0.297 e. The van der Waals surface area contributed by atoms with Crippen LogP contribution in [0.5, 0.6) is 0 Å². The molecule has 1 aromatic rings. The highest BCUT2D eigenvalue weighted by molar-refractivity contribution is 7.86. The van der Waals surface area contributed by atoms with Crippen LogP contribution in [0.25, 0.3) is 0 Å². The van der Waals surface area contributed by atoms with E-state index in [-0.39, 0.29) is 17.3 Å². The molecule has 0 N–H and O–H groups in total. The topological polar surface area (TPSA) is 78.9 Å². The van der Waals surface area contributed by atoms with Crippen molar-refractivity contribution < 1.29 is 26.9 Å². The molecule has 1 aromatic carbocycles. The molecule has 0 spiro atoms. The molecule has 0 bridgehead atoms. The van der Waals surface area contributed by atoms with Crippen molar-refractivity contribution in [2.24, 2.45) is 0 Å². The second kappa shape index (κ2) is 9.24. The van der Waals surface area contributed by atoms with Gasteiger partial charge in [0.25, 0.3) is 10.1 Å². The molecular formula is C18H24O6S. The fourth-order valence-corrected chi connectivity index (χ4v) is 3.16. The molecule has 1 aliphatic rings. The standard InChI is InChI=1S/C18H24O6S/c1-3-4-5-12-22-18-11-10-16(19)17(24-18)13-23-25(20,21)15-8-6-14(2)7-9-15/h6-11,17-18H,3-5,12-13H2,1-2H3/t17-,18+/m1/s1. The minimum Gasteiger partial charge on any atom is -0.349 e. The van der Waals surface area contributed by atoms with Crippen molar-refractivity contribution in [2.75, 3.05) is 13.2 Å². The first-order valence-electron chi connectivity index (χ1n) is 8.37. The maximum absolute atomic E-state index is 12.2. The number of benzene rings is 1. The molecule has 0 aromatic heterocycles. The van der Waals surface area contributed by atoms with Crippen molar-refractivity contribution in [3.05, 3.63) is 42.0 Å². The number of carbonyl (C=O) groups excluding carboxylic acids is 1. The molecule has 2 rings (SSSR count). The zero-order valence-electron chi connectivity index (χ0n) is 14.5. The highest BCUT2D eigenvalue weighted by Crippen LogP contribution is 2.17. The van der Waals surface area contributed by atoms with E-state index in [1.165, 1.54) is 24.3 Å². The molecule has 138 valence electrons. The zero-order valence-corrected chi connectivity index (χ0v) is 15.3. The van der Waals surface area contributed by atoms with E-state index >= 15 is 0 Å². The van der Waals surface area contributed by atoms with Crippen LogP contribution < -0.4 is 0 Å².